The van der Waals surface area contributed by atoms with E-state index in [0.717, 1.165) is 36.9 Å². The van der Waals surface area contributed by atoms with Crippen LogP contribution in [0.1, 0.15) is 44.1 Å². The average Bonchev–Trinajstić information content (AvgIpc) is 2.71. The molecule has 0 aliphatic rings. The van der Waals surface area contributed by atoms with Crippen molar-refractivity contribution < 1.29 is 19.6 Å². The van der Waals surface area contributed by atoms with E-state index in [-0.39, 0.29) is 11.8 Å². The van der Waals surface area contributed by atoms with Crippen LogP contribution in [0.25, 0.3) is 0 Å². The van der Waals surface area contributed by atoms with Gasteiger partial charge in [0.15, 0.2) is 0 Å². The van der Waals surface area contributed by atoms with Crippen LogP contribution in [-0.2, 0) is 16.0 Å². The first-order valence-corrected chi connectivity index (χ1v) is 10.1. The average molecular weight is 396 g/mol. The minimum Gasteiger partial charge on any atom is -0.423 e. The normalized spacial score (nSPS) is 10.4. The molecule has 2 rings (SSSR count). The molecule has 0 fully saturated rings. The zero-order valence-corrected chi connectivity index (χ0v) is 16.6. The molecule has 154 valence electrons. The summed E-state index contributed by atoms with van der Waals surface area (Å²) in [5.74, 6) is 0.0599. The van der Waals surface area contributed by atoms with Gasteiger partial charge >= 0.3 is 7.12 Å². The number of carbonyl (C=O) groups is 2. The number of hydrogen-bond acceptors (Lipinski definition) is 4. The van der Waals surface area contributed by atoms with E-state index in [1.54, 1.807) is 12.1 Å². The zero-order valence-electron chi connectivity index (χ0n) is 16.6. The summed E-state index contributed by atoms with van der Waals surface area (Å²) in [6.45, 7) is 0.555. The Morgan fingerprint density at radius 3 is 2.03 bits per heavy atom. The molecule has 0 saturated heterocycles. The van der Waals surface area contributed by atoms with Crippen molar-refractivity contribution in [3.05, 3.63) is 60.2 Å². The van der Waals surface area contributed by atoms with Crippen molar-refractivity contribution >= 4 is 30.1 Å². The molecule has 0 aromatic heterocycles. The van der Waals surface area contributed by atoms with Gasteiger partial charge in [-0.3, -0.25) is 9.59 Å². The topological polar surface area (TPSA) is 98.7 Å². The summed E-state index contributed by atoms with van der Waals surface area (Å²) in [4.78, 5) is 23.7. The molecule has 0 saturated carbocycles. The molecule has 0 unspecified atom stereocenters. The van der Waals surface area contributed by atoms with E-state index < -0.39 is 7.12 Å². The number of amides is 2. The second-order valence-corrected chi connectivity index (χ2v) is 7.04. The lowest BCUT2D eigenvalue weighted by molar-refractivity contribution is -0.121. The first-order chi connectivity index (χ1) is 14.0. The molecule has 0 spiro atoms. The van der Waals surface area contributed by atoms with Crippen molar-refractivity contribution in [2.45, 2.75) is 44.9 Å². The number of para-hydroxylation sites is 1. The van der Waals surface area contributed by atoms with Crippen LogP contribution in [0.3, 0.4) is 0 Å². The van der Waals surface area contributed by atoms with Crippen molar-refractivity contribution in [2.75, 3.05) is 11.9 Å². The highest BCUT2D eigenvalue weighted by Crippen LogP contribution is 2.09. The van der Waals surface area contributed by atoms with E-state index >= 15 is 0 Å². The molecule has 0 aliphatic heterocycles. The Labute approximate surface area is 172 Å². The van der Waals surface area contributed by atoms with Crippen LogP contribution in [-0.4, -0.2) is 35.5 Å². The molecule has 2 amide bonds. The van der Waals surface area contributed by atoms with E-state index in [2.05, 4.69) is 10.6 Å². The lowest BCUT2D eigenvalue weighted by Crippen LogP contribution is -2.29. The standard InChI is InChI=1S/C22H29BN2O4/c26-21(24-17-16-18-12-14-19(15-13-18)23(28)29)10-6-1-2-7-11-22(27)25-20-8-4-3-5-9-20/h3-5,8-9,12-15,28-29H,1-2,6-7,10-11,16-17H2,(H,24,26)(H,25,27). The molecule has 29 heavy (non-hydrogen) atoms. The number of hydrogen-bond donors (Lipinski definition) is 4. The van der Waals surface area contributed by atoms with Crippen molar-refractivity contribution in [1.29, 1.82) is 0 Å². The molecule has 0 aliphatic carbocycles. The number of nitrogens with one attached hydrogen (secondary N) is 2. The molecule has 4 N–H and O–H groups in total. The van der Waals surface area contributed by atoms with Crippen LogP contribution in [0.15, 0.2) is 54.6 Å². The molecular weight excluding hydrogens is 367 g/mol. The highest BCUT2D eigenvalue weighted by Gasteiger charge is 2.09. The summed E-state index contributed by atoms with van der Waals surface area (Å²) in [5, 5.41) is 23.9. The first kappa shape index (κ1) is 22.7. The quantitative estimate of drug-likeness (QED) is 0.326. The summed E-state index contributed by atoms with van der Waals surface area (Å²) in [6.07, 6.45) is 5.17. The second kappa shape index (κ2) is 12.8. The van der Waals surface area contributed by atoms with Gasteiger partial charge in [-0.05, 0) is 42.4 Å². The van der Waals surface area contributed by atoms with Crippen LogP contribution >= 0.6 is 0 Å². The molecule has 0 heterocycles. The van der Waals surface area contributed by atoms with E-state index in [0.29, 0.717) is 31.3 Å². The lowest BCUT2D eigenvalue weighted by Gasteiger charge is -2.07. The van der Waals surface area contributed by atoms with Crippen molar-refractivity contribution in [1.82, 2.24) is 5.32 Å². The molecule has 2 aromatic carbocycles. The number of anilines is 1. The third kappa shape index (κ3) is 9.41. The fourth-order valence-electron chi connectivity index (χ4n) is 2.96. The fourth-order valence-corrected chi connectivity index (χ4v) is 2.96. The number of benzene rings is 2. The predicted molar refractivity (Wildman–Crippen MR) is 116 cm³/mol. The van der Waals surface area contributed by atoms with Crippen LogP contribution in [0.4, 0.5) is 5.69 Å². The smallest absolute Gasteiger partial charge is 0.423 e. The highest BCUT2D eigenvalue weighted by molar-refractivity contribution is 6.58. The summed E-state index contributed by atoms with van der Waals surface area (Å²) in [7, 11) is -1.46. The van der Waals surface area contributed by atoms with Crippen LogP contribution in [0.2, 0.25) is 0 Å². The maximum absolute atomic E-state index is 11.9. The zero-order chi connectivity index (χ0) is 20.9. The number of unbranched alkanes of at least 4 members (excludes halogenated alkanes) is 3. The van der Waals surface area contributed by atoms with Crippen LogP contribution < -0.4 is 16.1 Å². The Bertz CT molecular complexity index is 751. The Morgan fingerprint density at radius 1 is 0.793 bits per heavy atom. The highest BCUT2D eigenvalue weighted by atomic mass is 16.4. The monoisotopic (exact) mass is 396 g/mol. The minimum atomic E-state index is -1.46. The number of rotatable bonds is 12. The van der Waals surface area contributed by atoms with E-state index in [9.17, 15) is 9.59 Å². The Balaban J connectivity index is 1.47. The van der Waals surface area contributed by atoms with Gasteiger partial charge in [0.1, 0.15) is 0 Å². The molecule has 0 radical (unpaired) electrons. The maximum Gasteiger partial charge on any atom is 0.488 e. The van der Waals surface area contributed by atoms with Gasteiger partial charge < -0.3 is 20.7 Å². The van der Waals surface area contributed by atoms with Gasteiger partial charge in [0.25, 0.3) is 0 Å². The largest absolute Gasteiger partial charge is 0.488 e. The number of carbonyl (C=O) groups excluding carboxylic acids is 2. The Morgan fingerprint density at radius 2 is 1.41 bits per heavy atom. The predicted octanol–water partition coefficient (Wildman–Crippen LogP) is 2.00. The summed E-state index contributed by atoms with van der Waals surface area (Å²) in [6, 6.07) is 16.4. The van der Waals surface area contributed by atoms with Gasteiger partial charge in [-0.1, -0.05) is 55.3 Å². The molecule has 6 nitrogen and oxygen atoms in total. The first-order valence-electron chi connectivity index (χ1n) is 10.1. The van der Waals surface area contributed by atoms with Crippen LogP contribution in [0.5, 0.6) is 0 Å². The summed E-state index contributed by atoms with van der Waals surface area (Å²) in [5.41, 5.74) is 2.30. The van der Waals surface area contributed by atoms with Gasteiger partial charge in [-0.2, -0.15) is 0 Å². The molecule has 7 heteroatoms. The maximum atomic E-state index is 11.9. The van der Waals surface area contributed by atoms with Crippen molar-refractivity contribution in [2.24, 2.45) is 0 Å². The van der Waals surface area contributed by atoms with Gasteiger partial charge in [0, 0.05) is 25.1 Å². The Kier molecular flexibility index (Phi) is 9.96. The molecule has 0 atom stereocenters. The lowest BCUT2D eigenvalue weighted by atomic mass is 9.80. The second-order valence-electron chi connectivity index (χ2n) is 7.04. The minimum absolute atomic E-state index is 0.0236. The summed E-state index contributed by atoms with van der Waals surface area (Å²) >= 11 is 0. The van der Waals surface area contributed by atoms with Gasteiger partial charge in [0.2, 0.25) is 11.8 Å². The molecule has 0 bridgehead atoms. The third-order valence-corrected chi connectivity index (χ3v) is 4.63. The van der Waals surface area contributed by atoms with Crippen molar-refractivity contribution in [3.63, 3.8) is 0 Å². The Hall–Kier alpha value is -2.64. The van der Waals surface area contributed by atoms with Gasteiger partial charge in [0.05, 0.1) is 0 Å². The van der Waals surface area contributed by atoms with E-state index in [4.69, 9.17) is 10.0 Å². The van der Waals surface area contributed by atoms with E-state index in [1.807, 2.05) is 42.5 Å². The summed E-state index contributed by atoms with van der Waals surface area (Å²) < 4.78 is 0. The fraction of sp³-hybridized carbons (Fsp3) is 0.364. The van der Waals surface area contributed by atoms with Gasteiger partial charge in [-0.15, -0.1) is 0 Å². The SMILES string of the molecule is O=C(CCCCCCC(=O)Nc1ccccc1)NCCc1ccc(B(O)O)cc1. The molecule has 2 aromatic rings. The molecular formula is C22H29BN2O4. The third-order valence-electron chi connectivity index (χ3n) is 4.63. The van der Waals surface area contributed by atoms with Crippen molar-refractivity contribution in [3.8, 4) is 0 Å². The van der Waals surface area contributed by atoms with Crippen LogP contribution in [0, 0.1) is 0 Å². The van der Waals surface area contributed by atoms with E-state index in [1.165, 1.54) is 0 Å². The van der Waals surface area contributed by atoms with Gasteiger partial charge in [-0.25, -0.2) is 0 Å².